The summed E-state index contributed by atoms with van der Waals surface area (Å²) in [6.45, 7) is 10.7. The van der Waals surface area contributed by atoms with Crippen LogP contribution in [-0.4, -0.2) is 60.7 Å². The number of nitrogens with zero attached hydrogens (tertiary/aromatic N) is 3. The summed E-state index contributed by atoms with van der Waals surface area (Å²) in [7, 11) is -8.87. The lowest BCUT2D eigenvalue weighted by Gasteiger charge is -2.28. The van der Waals surface area contributed by atoms with Crippen molar-refractivity contribution in [1.29, 1.82) is 0 Å². The summed E-state index contributed by atoms with van der Waals surface area (Å²) in [5, 5.41) is 20.1. The highest BCUT2D eigenvalue weighted by atomic mass is 32.2. The maximum atomic E-state index is 12.0. The molecule has 58 heavy (non-hydrogen) atoms. The molecule has 15 heteroatoms. The summed E-state index contributed by atoms with van der Waals surface area (Å²) in [5.41, 5.74) is 4.17. The second-order valence-electron chi connectivity index (χ2n) is 15.2. The number of non-ortho nitro benzene ring substituents is 1. The van der Waals surface area contributed by atoms with Gasteiger partial charge in [0.15, 0.2) is 0 Å². The number of fused-ring (bicyclic) bond motifs is 1. The van der Waals surface area contributed by atoms with Crippen LogP contribution >= 0.6 is 0 Å². The number of nitro benzene ring substituents is 1. The maximum absolute atomic E-state index is 12.0. The Balaban J connectivity index is 1.59. The molecule has 0 saturated carbocycles. The highest BCUT2D eigenvalue weighted by Gasteiger charge is 2.40. The van der Waals surface area contributed by atoms with Crippen LogP contribution in [0.3, 0.4) is 0 Å². The summed E-state index contributed by atoms with van der Waals surface area (Å²) in [4.78, 5) is 28.2. The van der Waals surface area contributed by atoms with Crippen LogP contribution < -0.4 is 4.90 Å². The van der Waals surface area contributed by atoms with Gasteiger partial charge < -0.3 is 10.0 Å². The van der Waals surface area contributed by atoms with Crippen molar-refractivity contribution in [3.8, 4) is 0 Å². The maximum Gasteiger partial charge on any atom is 0.303 e. The number of hydrogen-bond acceptors (Lipinski definition) is 9. The predicted molar refractivity (Wildman–Crippen MR) is 226 cm³/mol. The van der Waals surface area contributed by atoms with E-state index in [1.54, 1.807) is 24.3 Å². The summed E-state index contributed by atoms with van der Waals surface area (Å²) in [6, 6.07) is 15.4. The summed E-state index contributed by atoms with van der Waals surface area (Å²) in [6.07, 6.45) is 16.3. The average Bonchev–Trinajstić information content (AvgIpc) is 3.35. The molecule has 4 rings (SSSR count). The number of aliphatic carboxylic acids is 1. The molecule has 0 amide bonds. The molecule has 3 N–H and O–H groups in total. The van der Waals surface area contributed by atoms with Gasteiger partial charge in [-0.3, -0.25) is 29.0 Å². The fourth-order valence-electron chi connectivity index (χ4n) is 7.06. The first-order chi connectivity index (χ1) is 27.1. The number of allylic oxidation sites excluding steroid dienone is 8. The van der Waals surface area contributed by atoms with Crippen molar-refractivity contribution in [1.82, 2.24) is 0 Å². The number of benzene rings is 3. The molecule has 3 aromatic carbocycles. The molecule has 310 valence electrons. The fourth-order valence-corrected chi connectivity index (χ4v) is 8.08. The van der Waals surface area contributed by atoms with Crippen LogP contribution in [0.4, 0.5) is 11.4 Å². The molecule has 0 unspecified atom stereocenters. The summed E-state index contributed by atoms with van der Waals surface area (Å²) >= 11 is 0. The Bertz CT molecular complexity index is 2380. The topological polar surface area (TPSA) is 205 Å². The van der Waals surface area contributed by atoms with E-state index >= 15 is 0 Å². The summed E-state index contributed by atoms with van der Waals surface area (Å²) in [5.74, 6) is -0.844. The van der Waals surface area contributed by atoms with E-state index in [4.69, 9.17) is 10.1 Å². The summed E-state index contributed by atoms with van der Waals surface area (Å²) < 4.78 is 67.5. The molecule has 0 atom stereocenters. The third-order valence-corrected chi connectivity index (χ3v) is 12.0. The van der Waals surface area contributed by atoms with Gasteiger partial charge in [-0.2, -0.15) is 16.8 Å². The van der Waals surface area contributed by atoms with Gasteiger partial charge in [0.1, 0.15) is 0 Å². The molecule has 0 spiro atoms. The number of anilines is 1. The Morgan fingerprint density at radius 2 is 1.48 bits per heavy atom. The highest BCUT2D eigenvalue weighted by Crippen LogP contribution is 2.48. The van der Waals surface area contributed by atoms with E-state index < -0.39 is 42.0 Å². The molecule has 1 aliphatic rings. The number of carboxylic acids is 1. The van der Waals surface area contributed by atoms with Gasteiger partial charge >= 0.3 is 5.97 Å². The first-order valence-corrected chi connectivity index (χ1v) is 21.7. The van der Waals surface area contributed by atoms with Gasteiger partial charge in [-0.1, -0.05) is 82.7 Å². The molecular weight excluding hydrogens is 783 g/mol. The Morgan fingerprint density at radius 3 is 2.12 bits per heavy atom. The zero-order valence-electron chi connectivity index (χ0n) is 33.3. The second-order valence-corrected chi connectivity index (χ2v) is 18.0. The standard InChI is InChI=1S/C43H51N3O10S2/c1-31-19-24-34(57(51,52)53)29-36(31)42(2,3)39(44-27-14-15-32-20-22-33(23-21-32)46(49)50)16-10-7-6-8-11-17-40-43(4,5)37-30-35(58(54,55)56)25-26-38(37)45(40)28-13-9-12-18-41(47)48/h6-8,10-11,16-17,19-26,29-30H,9,12-15,18,27-28H2,1-5H3,(H,47,48)(H,51,52,53)(H,54,55,56)/b7-6+,11-8+,16-10+,40-17+,44-39+. The Kier molecular flexibility index (Phi) is 14.9. The van der Waals surface area contributed by atoms with E-state index in [-0.39, 0.29) is 21.9 Å². The number of aryl methyl sites for hydroxylation is 2. The van der Waals surface area contributed by atoms with Crippen LogP contribution in [0.5, 0.6) is 0 Å². The largest absolute Gasteiger partial charge is 0.481 e. The third-order valence-electron chi connectivity index (χ3n) is 10.3. The minimum Gasteiger partial charge on any atom is -0.481 e. The van der Waals surface area contributed by atoms with Crippen molar-refractivity contribution in [3.63, 3.8) is 0 Å². The molecule has 13 nitrogen and oxygen atoms in total. The van der Waals surface area contributed by atoms with Gasteiger partial charge in [-0.15, -0.1) is 0 Å². The Morgan fingerprint density at radius 1 is 0.862 bits per heavy atom. The zero-order chi connectivity index (χ0) is 42.9. The number of aliphatic imine (C=N–C) groups is 1. The molecule has 0 radical (unpaired) electrons. The van der Waals surface area contributed by atoms with Gasteiger partial charge in [0, 0.05) is 59.6 Å². The number of unbranched alkanes of at least 4 members (excludes halogenated alkanes) is 2. The molecular formula is C43H51N3O10S2. The molecule has 0 aliphatic carbocycles. The van der Waals surface area contributed by atoms with E-state index in [2.05, 4.69) is 4.90 Å². The second kappa shape index (κ2) is 19.0. The molecule has 1 aliphatic heterocycles. The zero-order valence-corrected chi connectivity index (χ0v) is 35.0. The number of carboxylic acid groups (broad SMARTS) is 1. The van der Waals surface area contributed by atoms with E-state index in [0.717, 1.165) is 28.1 Å². The first-order valence-electron chi connectivity index (χ1n) is 18.8. The van der Waals surface area contributed by atoms with Gasteiger partial charge in [0.2, 0.25) is 0 Å². The van der Waals surface area contributed by atoms with Gasteiger partial charge in [0.05, 0.1) is 14.7 Å². The normalized spacial score (nSPS) is 15.6. The molecule has 0 fully saturated rings. The van der Waals surface area contributed by atoms with Crippen molar-refractivity contribution < 1.29 is 40.8 Å². The van der Waals surface area contributed by atoms with Crippen molar-refractivity contribution >= 4 is 43.3 Å². The number of rotatable bonds is 19. The SMILES string of the molecule is Cc1ccc(S(=O)(=O)O)cc1C(C)(C)C(/C=C/C=C/C=C/C=C1/N(CCCCCC(=O)O)c2ccc(S(=O)(=O)O)cc2C1(C)C)=N/CCCc1ccc([N+](=O)[O-])cc1. The quantitative estimate of drug-likeness (QED) is 0.0260. The molecule has 1 heterocycles. The van der Waals surface area contributed by atoms with Gasteiger partial charge in [-0.05, 0) is 97.3 Å². The van der Waals surface area contributed by atoms with E-state index in [0.29, 0.717) is 56.5 Å². The van der Waals surface area contributed by atoms with Crippen LogP contribution in [0, 0.1) is 17.0 Å². The number of carbonyl (C=O) groups is 1. The predicted octanol–water partition coefficient (Wildman–Crippen LogP) is 8.74. The van der Waals surface area contributed by atoms with Gasteiger partial charge in [-0.25, -0.2) is 0 Å². The molecule has 0 aromatic heterocycles. The monoisotopic (exact) mass is 833 g/mol. The smallest absolute Gasteiger partial charge is 0.303 e. The molecule has 3 aromatic rings. The Labute approximate surface area is 340 Å². The molecule has 0 saturated heterocycles. The minimum absolute atomic E-state index is 0.0199. The van der Waals surface area contributed by atoms with Crippen molar-refractivity contribution in [2.75, 3.05) is 18.0 Å². The van der Waals surface area contributed by atoms with Gasteiger partial charge in [0.25, 0.3) is 25.9 Å². The third kappa shape index (κ3) is 11.7. The first kappa shape index (κ1) is 45.5. The van der Waals surface area contributed by atoms with Crippen molar-refractivity contribution in [2.24, 2.45) is 4.99 Å². The van der Waals surface area contributed by atoms with Crippen LogP contribution in [-0.2, 0) is 42.3 Å². The van der Waals surface area contributed by atoms with Crippen molar-refractivity contribution in [2.45, 2.75) is 93.8 Å². The molecule has 0 bridgehead atoms. The lowest BCUT2D eigenvalue weighted by atomic mass is 9.77. The number of hydrogen-bond donors (Lipinski definition) is 3. The highest BCUT2D eigenvalue weighted by molar-refractivity contribution is 7.86. The average molecular weight is 834 g/mol. The fraction of sp³-hybridized carbons (Fsp3) is 0.349. The van der Waals surface area contributed by atoms with Crippen molar-refractivity contribution in [3.05, 3.63) is 141 Å². The lowest BCUT2D eigenvalue weighted by Crippen LogP contribution is -2.29. The van der Waals surface area contributed by atoms with E-state index in [1.807, 2.05) is 77.2 Å². The minimum atomic E-state index is -4.45. The van der Waals surface area contributed by atoms with E-state index in [1.165, 1.54) is 36.4 Å². The lowest BCUT2D eigenvalue weighted by molar-refractivity contribution is -0.384. The van der Waals surface area contributed by atoms with Crippen LogP contribution in [0.2, 0.25) is 0 Å². The van der Waals surface area contributed by atoms with E-state index in [9.17, 15) is 40.8 Å². The van der Waals surface area contributed by atoms with Crippen LogP contribution in [0.25, 0.3) is 0 Å². The van der Waals surface area contributed by atoms with Crippen LogP contribution in [0.1, 0.15) is 82.1 Å². The Hall–Kier alpha value is -5.22. The van der Waals surface area contributed by atoms with Crippen LogP contribution in [0.15, 0.2) is 124 Å². The number of nitro groups is 1.